The molecule has 0 saturated heterocycles. The van der Waals surface area contributed by atoms with Gasteiger partial charge < -0.3 is 24.8 Å². The molecule has 22 heavy (non-hydrogen) atoms. The van der Waals surface area contributed by atoms with Gasteiger partial charge in [0, 0.05) is 37.7 Å². The van der Waals surface area contributed by atoms with Gasteiger partial charge in [0.25, 0.3) is 0 Å². The molecule has 0 radical (unpaired) electrons. The highest BCUT2D eigenvalue weighted by molar-refractivity contribution is 7.80. The Hall–Kier alpha value is -1.53. The summed E-state index contributed by atoms with van der Waals surface area (Å²) in [6, 6.07) is 4.13. The minimum absolute atomic E-state index is 0.226. The van der Waals surface area contributed by atoms with Crippen molar-refractivity contribution in [3.05, 3.63) is 23.3 Å². The summed E-state index contributed by atoms with van der Waals surface area (Å²) in [5, 5.41) is 6.88. The van der Waals surface area contributed by atoms with E-state index in [4.69, 9.17) is 26.4 Å². The van der Waals surface area contributed by atoms with Crippen LogP contribution >= 0.6 is 12.2 Å². The first-order valence-electron chi connectivity index (χ1n) is 7.60. The van der Waals surface area contributed by atoms with Gasteiger partial charge in [-0.05, 0) is 38.2 Å². The average Bonchev–Trinajstić information content (AvgIpc) is 2.84. The third kappa shape index (κ3) is 4.48. The average molecular weight is 324 g/mol. The molecule has 5 nitrogen and oxygen atoms in total. The van der Waals surface area contributed by atoms with Crippen LogP contribution in [0.25, 0.3) is 0 Å². The van der Waals surface area contributed by atoms with E-state index in [9.17, 15) is 0 Å². The summed E-state index contributed by atoms with van der Waals surface area (Å²) < 4.78 is 16.5. The normalized spacial score (nSPS) is 15.9. The van der Waals surface area contributed by atoms with E-state index >= 15 is 0 Å². The van der Waals surface area contributed by atoms with Crippen molar-refractivity contribution < 1.29 is 14.2 Å². The summed E-state index contributed by atoms with van der Waals surface area (Å²) >= 11 is 5.24. The molecular formula is C16H24N2O3S. The molecule has 2 rings (SSSR count). The number of nitrogens with one attached hydrogen (secondary N) is 2. The van der Waals surface area contributed by atoms with Crippen molar-refractivity contribution in [3.8, 4) is 11.5 Å². The summed E-state index contributed by atoms with van der Waals surface area (Å²) in [5.41, 5.74) is 2.26. The molecule has 122 valence electrons. The third-order valence-corrected chi connectivity index (χ3v) is 3.70. The Morgan fingerprint density at radius 2 is 2.23 bits per heavy atom. The van der Waals surface area contributed by atoms with Gasteiger partial charge in [-0.3, -0.25) is 0 Å². The highest BCUT2D eigenvalue weighted by Crippen LogP contribution is 2.35. The Kier molecular flexibility index (Phi) is 6.27. The van der Waals surface area contributed by atoms with E-state index in [2.05, 4.69) is 29.7 Å². The molecule has 0 unspecified atom stereocenters. The highest BCUT2D eigenvalue weighted by Gasteiger charge is 2.21. The molecule has 0 aromatic heterocycles. The number of benzene rings is 1. The standard InChI is InChI=1S/C16H24N2O3S/c1-4-20-14-8-12-7-11(2)21-15(12)9-13(14)10-18-16(22)17-5-6-19-3/h8-9,11H,4-7,10H2,1-3H3,(H2,17,18,22)/t11-/m0/s1. The fraction of sp³-hybridized carbons (Fsp3) is 0.562. The second kappa shape index (κ2) is 8.19. The maximum Gasteiger partial charge on any atom is 0.166 e. The van der Waals surface area contributed by atoms with Crippen LogP contribution in [0, 0.1) is 0 Å². The minimum atomic E-state index is 0.226. The van der Waals surface area contributed by atoms with Gasteiger partial charge in [-0.1, -0.05) is 0 Å². The third-order valence-electron chi connectivity index (χ3n) is 3.41. The van der Waals surface area contributed by atoms with Crippen LogP contribution < -0.4 is 20.1 Å². The molecule has 0 fully saturated rings. The Morgan fingerprint density at radius 3 is 2.95 bits per heavy atom. The van der Waals surface area contributed by atoms with E-state index in [0.717, 1.165) is 23.5 Å². The lowest BCUT2D eigenvalue weighted by Crippen LogP contribution is -2.36. The zero-order chi connectivity index (χ0) is 15.9. The molecule has 6 heteroatoms. The molecule has 1 aliphatic heterocycles. The molecular weight excluding hydrogens is 300 g/mol. The second-order valence-electron chi connectivity index (χ2n) is 5.24. The SMILES string of the molecule is CCOc1cc2c(cc1CNC(=S)NCCOC)O[C@@H](C)C2. The predicted molar refractivity (Wildman–Crippen MR) is 90.7 cm³/mol. The number of thiocarbonyl (C=S) groups is 1. The predicted octanol–water partition coefficient (Wildman–Crippen LogP) is 2.02. The maximum atomic E-state index is 5.82. The van der Waals surface area contributed by atoms with Crippen molar-refractivity contribution in [3.63, 3.8) is 0 Å². The molecule has 1 heterocycles. The van der Waals surface area contributed by atoms with Gasteiger partial charge in [-0.25, -0.2) is 0 Å². The lowest BCUT2D eigenvalue weighted by Gasteiger charge is -2.15. The van der Waals surface area contributed by atoms with Crippen LogP contribution in [0.15, 0.2) is 12.1 Å². The van der Waals surface area contributed by atoms with Crippen LogP contribution in [-0.4, -0.2) is 38.1 Å². The molecule has 0 amide bonds. The number of rotatable bonds is 7. The van der Waals surface area contributed by atoms with Gasteiger partial charge in [0.15, 0.2) is 5.11 Å². The fourth-order valence-electron chi connectivity index (χ4n) is 2.41. The van der Waals surface area contributed by atoms with Gasteiger partial charge in [0.05, 0.1) is 13.2 Å². The number of fused-ring (bicyclic) bond motifs is 1. The topological polar surface area (TPSA) is 51.8 Å². The highest BCUT2D eigenvalue weighted by atomic mass is 32.1. The molecule has 1 aliphatic rings. The Morgan fingerprint density at radius 1 is 1.41 bits per heavy atom. The van der Waals surface area contributed by atoms with Crippen LogP contribution in [-0.2, 0) is 17.7 Å². The van der Waals surface area contributed by atoms with E-state index in [-0.39, 0.29) is 6.10 Å². The van der Waals surface area contributed by atoms with Crippen LogP contribution in [0.1, 0.15) is 25.0 Å². The Bertz CT molecular complexity index is 522. The molecule has 0 bridgehead atoms. The smallest absolute Gasteiger partial charge is 0.166 e. The van der Waals surface area contributed by atoms with Crippen molar-refractivity contribution in [1.29, 1.82) is 0 Å². The minimum Gasteiger partial charge on any atom is -0.494 e. The molecule has 0 spiro atoms. The van der Waals surface area contributed by atoms with Crippen LogP contribution in [0.3, 0.4) is 0 Å². The van der Waals surface area contributed by atoms with Crippen LogP contribution in [0.4, 0.5) is 0 Å². The maximum absolute atomic E-state index is 5.82. The fourth-order valence-corrected chi connectivity index (χ4v) is 2.59. The molecule has 1 atom stereocenters. The molecule has 2 N–H and O–H groups in total. The van der Waals surface area contributed by atoms with E-state index in [1.54, 1.807) is 7.11 Å². The monoisotopic (exact) mass is 324 g/mol. The molecule has 1 aromatic rings. The summed E-state index contributed by atoms with van der Waals surface area (Å²) in [4.78, 5) is 0. The summed E-state index contributed by atoms with van der Waals surface area (Å²) in [6.45, 7) is 6.60. The number of hydrogen-bond donors (Lipinski definition) is 2. The van der Waals surface area contributed by atoms with Gasteiger partial charge in [0.2, 0.25) is 0 Å². The number of ether oxygens (including phenoxy) is 3. The van der Waals surface area contributed by atoms with Crippen molar-refractivity contribution in [2.75, 3.05) is 26.9 Å². The van der Waals surface area contributed by atoms with Crippen LogP contribution in [0.2, 0.25) is 0 Å². The quantitative estimate of drug-likeness (QED) is 0.591. The van der Waals surface area contributed by atoms with Gasteiger partial charge in [0.1, 0.15) is 17.6 Å². The lowest BCUT2D eigenvalue weighted by molar-refractivity contribution is 0.204. The van der Waals surface area contributed by atoms with E-state index in [0.29, 0.717) is 31.4 Å². The number of hydrogen-bond acceptors (Lipinski definition) is 4. The van der Waals surface area contributed by atoms with E-state index in [1.807, 2.05) is 6.92 Å². The molecule has 0 aliphatic carbocycles. The second-order valence-corrected chi connectivity index (χ2v) is 5.64. The van der Waals surface area contributed by atoms with Crippen molar-refractivity contribution >= 4 is 17.3 Å². The summed E-state index contributed by atoms with van der Waals surface area (Å²) in [7, 11) is 1.66. The first-order chi connectivity index (χ1) is 10.6. The molecule has 1 aromatic carbocycles. The zero-order valence-electron chi connectivity index (χ0n) is 13.4. The summed E-state index contributed by atoms with van der Waals surface area (Å²) in [6.07, 6.45) is 1.16. The zero-order valence-corrected chi connectivity index (χ0v) is 14.2. The largest absolute Gasteiger partial charge is 0.494 e. The van der Waals surface area contributed by atoms with E-state index < -0.39 is 0 Å². The Balaban J connectivity index is 2.00. The Labute approximate surface area is 137 Å². The van der Waals surface area contributed by atoms with Gasteiger partial charge in [-0.2, -0.15) is 0 Å². The lowest BCUT2D eigenvalue weighted by atomic mass is 10.1. The molecule has 0 saturated carbocycles. The van der Waals surface area contributed by atoms with Gasteiger partial charge in [-0.15, -0.1) is 0 Å². The first kappa shape index (κ1) is 16.8. The van der Waals surface area contributed by atoms with E-state index in [1.165, 1.54) is 5.56 Å². The van der Waals surface area contributed by atoms with Crippen molar-refractivity contribution in [2.45, 2.75) is 32.9 Å². The number of methoxy groups -OCH3 is 1. The van der Waals surface area contributed by atoms with Crippen molar-refractivity contribution in [1.82, 2.24) is 10.6 Å². The first-order valence-corrected chi connectivity index (χ1v) is 8.00. The van der Waals surface area contributed by atoms with Gasteiger partial charge >= 0.3 is 0 Å². The van der Waals surface area contributed by atoms with Crippen LogP contribution in [0.5, 0.6) is 11.5 Å². The van der Waals surface area contributed by atoms with Crippen molar-refractivity contribution in [2.24, 2.45) is 0 Å². The summed E-state index contributed by atoms with van der Waals surface area (Å²) in [5.74, 6) is 1.84.